The molecule has 2 aromatic carbocycles. The fourth-order valence-electron chi connectivity index (χ4n) is 2.49. The molecule has 0 saturated heterocycles. The highest BCUT2D eigenvalue weighted by Gasteiger charge is 2.29. The van der Waals surface area contributed by atoms with Crippen molar-refractivity contribution in [1.29, 1.82) is 0 Å². The minimum absolute atomic E-state index is 0.0438. The molecule has 0 bridgehead atoms. The predicted molar refractivity (Wildman–Crippen MR) is 86.5 cm³/mol. The van der Waals surface area contributed by atoms with Gasteiger partial charge >= 0.3 is 6.18 Å². The van der Waals surface area contributed by atoms with Crippen LogP contribution in [0.2, 0.25) is 0 Å². The average Bonchev–Trinajstić information content (AvgIpc) is 2.98. The number of hydrogen-bond acceptors (Lipinski definition) is 3. The number of amides is 1. The van der Waals surface area contributed by atoms with Crippen molar-refractivity contribution in [3.63, 3.8) is 0 Å². The summed E-state index contributed by atoms with van der Waals surface area (Å²) in [4.78, 5) is 12.3. The van der Waals surface area contributed by atoms with Gasteiger partial charge in [-0.1, -0.05) is 0 Å². The summed E-state index contributed by atoms with van der Waals surface area (Å²) in [5, 5.41) is 2.89. The smallest absolute Gasteiger partial charge is 0.422 e. The molecule has 3 rings (SSSR count). The van der Waals surface area contributed by atoms with Crippen LogP contribution in [0.4, 0.5) is 17.6 Å². The van der Waals surface area contributed by atoms with Crippen LogP contribution in [0.5, 0.6) is 5.75 Å². The van der Waals surface area contributed by atoms with Gasteiger partial charge in [-0.05, 0) is 36.4 Å². The molecule has 26 heavy (non-hydrogen) atoms. The molecular weight excluding hydrogens is 354 g/mol. The summed E-state index contributed by atoms with van der Waals surface area (Å²) in [6.07, 6.45) is -4.47. The normalized spacial score (nSPS) is 11.6. The molecule has 1 aromatic heterocycles. The topological polar surface area (TPSA) is 51.5 Å². The summed E-state index contributed by atoms with van der Waals surface area (Å²) >= 11 is 0. The number of halogens is 4. The lowest BCUT2D eigenvalue weighted by atomic mass is 10.0. The number of carbonyl (C=O) groups excluding carboxylic acids is 1. The highest BCUT2D eigenvalue weighted by molar-refractivity contribution is 6.11. The highest BCUT2D eigenvalue weighted by Crippen LogP contribution is 2.35. The summed E-state index contributed by atoms with van der Waals surface area (Å²) in [5.74, 6) is -0.744. The van der Waals surface area contributed by atoms with Crippen molar-refractivity contribution in [3.8, 4) is 17.1 Å². The molecule has 0 aliphatic rings. The first kappa shape index (κ1) is 17.8. The summed E-state index contributed by atoms with van der Waals surface area (Å²) in [5.41, 5.74) is 0.845. The fraction of sp³-hybridized carbons (Fsp3) is 0.167. The summed E-state index contributed by atoms with van der Waals surface area (Å²) in [6.45, 7) is -1.44. The van der Waals surface area contributed by atoms with Crippen LogP contribution in [0.1, 0.15) is 10.4 Å². The van der Waals surface area contributed by atoms with E-state index >= 15 is 0 Å². The van der Waals surface area contributed by atoms with E-state index in [0.29, 0.717) is 10.9 Å². The molecule has 0 radical (unpaired) electrons. The Morgan fingerprint density at radius 1 is 1.15 bits per heavy atom. The Morgan fingerprint density at radius 2 is 1.85 bits per heavy atom. The maximum Gasteiger partial charge on any atom is 0.422 e. The number of hydrogen-bond donors (Lipinski definition) is 1. The Hall–Kier alpha value is -3.03. The SMILES string of the molecule is CNC(=O)c1c(-c2ccc(F)cc2)oc2cc(OCC(F)(F)F)ccc12. The average molecular weight is 367 g/mol. The molecule has 136 valence electrons. The first-order valence-corrected chi connectivity index (χ1v) is 7.52. The number of rotatable bonds is 4. The molecule has 0 unspecified atom stereocenters. The Kier molecular flexibility index (Phi) is 4.58. The zero-order valence-corrected chi connectivity index (χ0v) is 13.5. The Bertz CT molecular complexity index is 945. The van der Waals surface area contributed by atoms with Gasteiger partial charge in [0, 0.05) is 24.1 Å². The number of fused-ring (bicyclic) bond motifs is 1. The second kappa shape index (κ2) is 6.70. The van der Waals surface area contributed by atoms with E-state index in [0.717, 1.165) is 0 Å². The molecule has 4 nitrogen and oxygen atoms in total. The van der Waals surface area contributed by atoms with E-state index in [9.17, 15) is 22.4 Å². The fourth-order valence-corrected chi connectivity index (χ4v) is 2.49. The Labute approximate surface area is 145 Å². The van der Waals surface area contributed by atoms with Gasteiger partial charge in [-0.3, -0.25) is 4.79 Å². The largest absolute Gasteiger partial charge is 0.484 e. The molecule has 0 aliphatic carbocycles. The first-order valence-electron chi connectivity index (χ1n) is 7.52. The van der Waals surface area contributed by atoms with Gasteiger partial charge in [-0.25, -0.2) is 4.39 Å². The molecule has 0 saturated carbocycles. The number of benzene rings is 2. The lowest BCUT2D eigenvalue weighted by molar-refractivity contribution is -0.153. The van der Waals surface area contributed by atoms with Gasteiger partial charge in [0.1, 0.15) is 22.9 Å². The van der Waals surface area contributed by atoms with Crippen LogP contribution in [0.3, 0.4) is 0 Å². The van der Waals surface area contributed by atoms with Crippen LogP contribution in [0.25, 0.3) is 22.3 Å². The van der Waals surface area contributed by atoms with E-state index in [-0.39, 0.29) is 22.7 Å². The first-order chi connectivity index (χ1) is 12.3. The van der Waals surface area contributed by atoms with Gasteiger partial charge in [0.2, 0.25) is 0 Å². The lowest BCUT2D eigenvalue weighted by Crippen LogP contribution is -2.19. The molecule has 1 N–H and O–H groups in total. The molecule has 0 fully saturated rings. The molecule has 0 atom stereocenters. The predicted octanol–water partition coefficient (Wildman–Crippen LogP) is 4.54. The highest BCUT2D eigenvalue weighted by atomic mass is 19.4. The summed E-state index contributed by atoms with van der Waals surface area (Å²) in [6, 6.07) is 9.37. The second-order valence-electron chi connectivity index (χ2n) is 5.45. The minimum Gasteiger partial charge on any atom is -0.484 e. The minimum atomic E-state index is -4.47. The van der Waals surface area contributed by atoms with Crippen LogP contribution in [0, 0.1) is 5.82 Å². The van der Waals surface area contributed by atoms with Gasteiger partial charge in [-0.2, -0.15) is 13.2 Å². The van der Waals surface area contributed by atoms with Gasteiger partial charge in [0.15, 0.2) is 6.61 Å². The number of furan rings is 1. The lowest BCUT2D eigenvalue weighted by Gasteiger charge is -2.08. The van der Waals surface area contributed by atoms with Gasteiger partial charge in [-0.15, -0.1) is 0 Å². The zero-order chi connectivity index (χ0) is 18.9. The molecule has 0 aliphatic heterocycles. The zero-order valence-electron chi connectivity index (χ0n) is 13.5. The molecule has 8 heteroatoms. The maximum atomic E-state index is 13.1. The van der Waals surface area contributed by atoms with Crippen molar-refractivity contribution in [2.24, 2.45) is 0 Å². The second-order valence-corrected chi connectivity index (χ2v) is 5.45. The van der Waals surface area contributed by atoms with Crippen LogP contribution in [0.15, 0.2) is 46.9 Å². The van der Waals surface area contributed by atoms with E-state index in [1.807, 2.05) is 0 Å². The summed E-state index contributed by atoms with van der Waals surface area (Å²) < 4.78 is 60.4. The Balaban J connectivity index is 2.08. The van der Waals surface area contributed by atoms with Crippen molar-refractivity contribution in [1.82, 2.24) is 5.32 Å². The molecular formula is C18H13F4NO3. The molecule has 1 amide bonds. The third kappa shape index (κ3) is 3.63. The molecule has 3 aromatic rings. The standard InChI is InChI=1S/C18H13F4NO3/c1-23-17(24)15-13-7-6-12(25-9-18(20,21)22)8-14(13)26-16(15)10-2-4-11(19)5-3-10/h2-8H,9H2,1H3,(H,23,24). The van der Waals surface area contributed by atoms with Crippen molar-refractivity contribution < 1.29 is 31.5 Å². The van der Waals surface area contributed by atoms with Gasteiger partial charge in [0.25, 0.3) is 5.91 Å². The van der Waals surface area contributed by atoms with Crippen molar-refractivity contribution in [3.05, 3.63) is 53.8 Å². The van der Waals surface area contributed by atoms with Crippen LogP contribution in [-0.2, 0) is 0 Å². The maximum absolute atomic E-state index is 13.1. The molecule has 0 spiro atoms. The van der Waals surface area contributed by atoms with Crippen LogP contribution in [-0.4, -0.2) is 25.7 Å². The number of ether oxygens (including phenoxy) is 1. The van der Waals surface area contributed by atoms with Crippen molar-refractivity contribution in [2.45, 2.75) is 6.18 Å². The van der Waals surface area contributed by atoms with E-state index in [4.69, 9.17) is 9.15 Å². The van der Waals surface area contributed by atoms with Crippen LogP contribution < -0.4 is 10.1 Å². The third-order valence-corrected chi connectivity index (χ3v) is 3.62. The molecule has 1 heterocycles. The van der Waals surface area contributed by atoms with Crippen LogP contribution >= 0.6 is 0 Å². The number of nitrogens with one attached hydrogen (secondary N) is 1. The van der Waals surface area contributed by atoms with E-state index < -0.39 is 24.5 Å². The number of alkyl halides is 3. The van der Waals surface area contributed by atoms with Crippen molar-refractivity contribution >= 4 is 16.9 Å². The Morgan fingerprint density at radius 3 is 2.46 bits per heavy atom. The number of carbonyl (C=O) groups is 1. The van der Waals surface area contributed by atoms with E-state index in [1.54, 1.807) is 0 Å². The third-order valence-electron chi connectivity index (χ3n) is 3.62. The van der Waals surface area contributed by atoms with Gasteiger partial charge < -0.3 is 14.5 Å². The summed E-state index contributed by atoms with van der Waals surface area (Å²) in [7, 11) is 1.44. The van der Waals surface area contributed by atoms with Crippen molar-refractivity contribution in [2.75, 3.05) is 13.7 Å². The van der Waals surface area contributed by atoms with E-state index in [1.165, 1.54) is 49.5 Å². The van der Waals surface area contributed by atoms with E-state index in [2.05, 4.69) is 5.32 Å². The van der Waals surface area contributed by atoms with Gasteiger partial charge in [0.05, 0.1) is 5.56 Å². The quantitative estimate of drug-likeness (QED) is 0.689. The monoisotopic (exact) mass is 367 g/mol.